The van der Waals surface area contributed by atoms with Crippen LogP contribution in [-0.2, 0) is 6.42 Å². The molecule has 1 aromatic carbocycles. The summed E-state index contributed by atoms with van der Waals surface area (Å²) in [7, 11) is 0. The van der Waals surface area contributed by atoms with Gasteiger partial charge in [-0.05, 0) is 63.1 Å². The van der Waals surface area contributed by atoms with E-state index in [-0.39, 0.29) is 35.6 Å². The topological polar surface area (TPSA) is 101 Å². The van der Waals surface area contributed by atoms with Crippen LogP contribution in [0.25, 0.3) is 21.3 Å². The maximum atomic E-state index is 15.7. The summed E-state index contributed by atoms with van der Waals surface area (Å²) in [5.74, 6) is -0.366. The Hall–Kier alpha value is -2.29. The molecule has 2 heterocycles. The van der Waals surface area contributed by atoms with Crippen molar-refractivity contribution >= 4 is 22.2 Å². The summed E-state index contributed by atoms with van der Waals surface area (Å²) in [6.07, 6.45) is 4.55. The fourth-order valence-electron chi connectivity index (χ4n) is 5.11. The van der Waals surface area contributed by atoms with E-state index in [4.69, 9.17) is 5.73 Å². The molecule has 2 aromatic heterocycles. The lowest BCUT2D eigenvalue weighted by Crippen LogP contribution is -2.33. The first-order chi connectivity index (χ1) is 14.8. The number of hydrogen-bond acceptors (Lipinski definition) is 5. The molecule has 6 nitrogen and oxygen atoms in total. The maximum Gasteiger partial charge on any atom is 0.329 e. The fourth-order valence-corrected chi connectivity index (χ4v) is 6.48. The molecule has 0 radical (unpaired) electrons. The number of nitrogens with zero attached hydrogens (tertiary/aromatic N) is 1. The van der Waals surface area contributed by atoms with Crippen LogP contribution < -0.4 is 17.0 Å². The molecule has 4 N–H and O–H groups in total. The Bertz CT molecular complexity index is 1320. The Morgan fingerprint density at radius 2 is 2.03 bits per heavy atom. The average molecular weight is 444 g/mol. The lowest BCUT2D eigenvalue weighted by atomic mass is 9.82. The number of aliphatic hydroxyl groups is 1. The van der Waals surface area contributed by atoms with Gasteiger partial charge in [-0.2, -0.15) is 0 Å². The summed E-state index contributed by atoms with van der Waals surface area (Å²) in [6.45, 7) is 3.32. The minimum absolute atomic E-state index is 0.0479. The van der Waals surface area contributed by atoms with E-state index < -0.39 is 17.1 Å². The Morgan fingerprint density at radius 3 is 2.71 bits per heavy atom. The number of aromatic amines is 1. The first kappa shape index (κ1) is 20.6. The third-order valence-corrected chi connectivity index (χ3v) is 8.07. The minimum Gasteiger partial charge on any atom is -0.395 e. The molecule has 0 aliphatic heterocycles. The Kier molecular flexibility index (Phi) is 4.91. The number of aromatic nitrogens is 2. The predicted octanol–water partition coefficient (Wildman–Crippen LogP) is 3.25. The number of thiophene rings is 1. The quantitative estimate of drug-likeness (QED) is 0.576. The molecule has 164 valence electrons. The van der Waals surface area contributed by atoms with E-state index in [9.17, 15) is 14.7 Å². The van der Waals surface area contributed by atoms with Gasteiger partial charge in [0.05, 0.1) is 17.5 Å². The molecule has 5 rings (SSSR count). The highest BCUT2D eigenvalue weighted by Crippen LogP contribution is 2.45. The largest absolute Gasteiger partial charge is 0.395 e. The average Bonchev–Trinajstić information content (AvgIpc) is 3.48. The highest BCUT2D eigenvalue weighted by Gasteiger charge is 2.32. The van der Waals surface area contributed by atoms with E-state index in [1.807, 2.05) is 6.07 Å². The molecule has 0 amide bonds. The Labute approximate surface area is 182 Å². The van der Waals surface area contributed by atoms with E-state index in [0.717, 1.165) is 42.5 Å². The molecule has 2 aliphatic carbocycles. The second-order valence-electron chi connectivity index (χ2n) is 8.86. The Morgan fingerprint density at radius 1 is 1.29 bits per heavy atom. The van der Waals surface area contributed by atoms with Gasteiger partial charge in [0.1, 0.15) is 5.82 Å². The van der Waals surface area contributed by atoms with E-state index in [1.165, 1.54) is 4.88 Å². The van der Waals surface area contributed by atoms with E-state index in [2.05, 4.69) is 4.98 Å². The van der Waals surface area contributed by atoms with Crippen LogP contribution in [0.15, 0.2) is 15.7 Å². The van der Waals surface area contributed by atoms with Crippen molar-refractivity contribution < 1.29 is 9.50 Å². The van der Waals surface area contributed by atoms with E-state index in [0.29, 0.717) is 16.6 Å². The number of fused-ring (bicyclic) bond motifs is 2. The molecular formula is C23H26FN3O3S. The van der Waals surface area contributed by atoms with Gasteiger partial charge in [-0.15, -0.1) is 11.3 Å². The monoisotopic (exact) mass is 443 g/mol. The summed E-state index contributed by atoms with van der Waals surface area (Å²) in [5.41, 5.74) is 8.17. The third-order valence-electron chi connectivity index (χ3n) is 6.84. The van der Waals surface area contributed by atoms with Gasteiger partial charge < -0.3 is 10.8 Å². The number of H-pyrrole nitrogens is 1. The molecule has 0 bridgehead atoms. The number of benzene rings is 1. The maximum absolute atomic E-state index is 15.7. The minimum atomic E-state index is -0.539. The lowest BCUT2D eigenvalue weighted by molar-refractivity contribution is 0.242. The number of aliphatic hydroxyl groups excluding tert-OH is 1. The predicted molar refractivity (Wildman–Crippen MR) is 121 cm³/mol. The molecule has 2 atom stereocenters. The molecule has 2 aliphatic rings. The van der Waals surface area contributed by atoms with Gasteiger partial charge in [-0.3, -0.25) is 14.3 Å². The van der Waals surface area contributed by atoms with E-state index in [1.54, 1.807) is 29.8 Å². The van der Waals surface area contributed by atoms with Crippen LogP contribution in [0.2, 0.25) is 0 Å². The van der Waals surface area contributed by atoms with Gasteiger partial charge in [0.25, 0.3) is 5.56 Å². The van der Waals surface area contributed by atoms with Crippen LogP contribution in [0, 0.1) is 19.7 Å². The second-order valence-corrected chi connectivity index (χ2v) is 9.99. The van der Waals surface area contributed by atoms with Crippen molar-refractivity contribution in [2.75, 3.05) is 6.61 Å². The number of aryl methyl sites for hydroxylation is 3. The SMILES string of the molecule is Cc1c(F)c(-c2cc3c(s2)CCCC3C(N)CO)c(C)c2c1c(=O)[nH]c(=O)n2C1CC1. The first-order valence-electron chi connectivity index (χ1n) is 10.8. The number of rotatable bonds is 4. The molecule has 31 heavy (non-hydrogen) atoms. The normalized spacial score (nSPS) is 19.6. The van der Waals surface area contributed by atoms with Gasteiger partial charge in [0, 0.05) is 38.9 Å². The summed E-state index contributed by atoms with van der Waals surface area (Å²) in [5, 5.41) is 9.83. The first-order valence-corrected chi connectivity index (χ1v) is 11.6. The van der Waals surface area contributed by atoms with Crippen molar-refractivity contribution in [2.24, 2.45) is 5.73 Å². The molecule has 1 fully saturated rings. The standard InChI is InChI=1S/C23H26FN3O3S/c1-10-19-21(27(12-6-7-12)23(30)26-22(19)29)11(2)18(20(10)24)17-8-14-13(15(25)9-28)4-3-5-16(14)31-17/h8,12-13,15,28H,3-7,9,25H2,1-2H3,(H,26,29,30). The second kappa shape index (κ2) is 7.39. The van der Waals surface area contributed by atoms with Gasteiger partial charge in [0.15, 0.2) is 0 Å². The highest BCUT2D eigenvalue weighted by molar-refractivity contribution is 7.15. The fraction of sp³-hybridized carbons (Fsp3) is 0.478. The summed E-state index contributed by atoms with van der Waals surface area (Å²) in [4.78, 5) is 29.6. The van der Waals surface area contributed by atoms with Crippen molar-refractivity contribution in [1.82, 2.24) is 9.55 Å². The van der Waals surface area contributed by atoms with Gasteiger partial charge in [0.2, 0.25) is 0 Å². The van der Waals surface area contributed by atoms with Crippen LogP contribution in [0.5, 0.6) is 0 Å². The van der Waals surface area contributed by atoms with Crippen LogP contribution in [-0.4, -0.2) is 27.3 Å². The number of nitrogens with two attached hydrogens (primary N) is 1. The molecule has 8 heteroatoms. The van der Waals surface area contributed by atoms with Crippen molar-refractivity contribution in [3.63, 3.8) is 0 Å². The zero-order valence-electron chi connectivity index (χ0n) is 17.6. The van der Waals surface area contributed by atoms with Crippen LogP contribution in [0.4, 0.5) is 4.39 Å². The van der Waals surface area contributed by atoms with E-state index >= 15 is 4.39 Å². The molecule has 1 saturated carbocycles. The molecule has 3 aromatic rings. The molecule has 0 spiro atoms. The zero-order chi connectivity index (χ0) is 22.0. The van der Waals surface area contributed by atoms with Crippen molar-refractivity contribution in [3.05, 3.63) is 54.3 Å². The Balaban J connectivity index is 1.79. The molecule has 0 saturated heterocycles. The molecule has 2 unspecified atom stereocenters. The smallest absolute Gasteiger partial charge is 0.329 e. The van der Waals surface area contributed by atoms with Crippen LogP contribution in [0.1, 0.15) is 59.2 Å². The van der Waals surface area contributed by atoms with Crippen LogP contribution in [0.3, 0.4) is 0 Å². The van der Waals surface area contributed by atoms with Crippen molar-refractivity contribution in [3.8, 4) is 10.4 Å². The van der Waals surface area contributed by atoms with Crippen LogP contribution >= 0.6 is 11.3 Å². The highest BCUT2D eigenvalue weighted by atomic mass is 32.1. The van der Waals surface area contributed by atoms with Gasteiger partial charge in [-0.25, -0.2) is 9.18 Å². The summed E-state index contributed by atoms with van der Waals surface area (Å²) in [6, 6.07) is 1.71. The third kappa shape index (κ3) is 3.11. The summed E-state index contributed by atoms with van der Waals surface area (Å²) >= 11 is 1.55. The van der Waals surface area contributed by atoms with Gasteiger partial charge in [-0.1, -0.05) is 0 Å². The van der Waals surface area contributed by atoms with Crippen molar-refractivity contribution in [1.29, 1.82) is 0 Å². The number of hydrogen-bond donors (Lipinski definition) is 3. The lowest BCUT2D eigenvalue weighted by Gasteiger charge is -2.26. The van der Waals surface area contributed by atoms with Crippen molar-refractivity contribution in [2.45, 2.75) is 64.0 Å². The van der Waals surface area contributed by atoms with Gasteiger partial charge >= 0.3 is 5.69 Å². The molecular weight excluding hydrogens is 417 g/mol. The number of halogens is 1. The number of nitrogens with one attached hydrogen (secondary N) is 1. The summed E-state index contributed by atoms with van der Waals surface area (Å²) < 4.78 is 17.3. The zero-order valence-corrected chi connectivity index (χ0v) is 18.4.